The van der Waals surface area contributed by atoms with E-state index >= 15 is 0 Å². The summed E-state index contributed by atoms with van der Waals surface area (Å²) in [7, 11) is 0. The predicted octanol–water partition coefficient (Wildman–Crippen LogP) is 2.65. The van der Waals surface area contributed by atoms with Crippen LogP contribution in [0.25, 0.3) is 0 Å². The number of amides is 2. The van der Waals surface area contributed by atoms with Crippen molar-refractivity contribution < 1.29 is 18.7 Å². The Morgan fingerprint density at radius 3 is 2.50 bits per heavy atom. The summed E-state index contributed by atoms with van der Waals surface area (Å²) < 4.78 is 10.7. The summed E-state index contributed by atoms with van der Waals surface area (Å²) in [5.74, 6) is 0.836. The zero-order chi connectivity index (χ0) is 18.5. The predicted molar refractivity (Wildman–Crippen MR) is 97.2 cm³/mol. The largest absolute Gasteiger partial charge is 0.493 e. The fourth-order valence-corrected chi connectivity index (χ4v) is 3.01. The van der Waals surface area contributed by atoms with Crippen molar-refractivity contribution in [2.24, 2.45) is 0 Å². The average Bonchev–Trinajstić information content (AvgIpc) is 3.19. The van der Waals surface area contributed by atoms with Gasteiger partial charge in [-0.05, 0) is 37.1 Å². The van der Waals surface area contributed by atoms with E-state index in [4.69, 9.17) is 9.15 Å². The molecule has 0 radical (unpaired) electrons. The summed E-state index contributed by atoms with van der Waals surface area (Å²) in [6.07, 6.45) is 3.27. The fraction of sp³-hybridized carbons (Fsp3) is 0.400. The van der Waals surface area contributed by atoms with Crippen LogP contribution in [0, 0.1) is 13.8 Å². The molecule has 6 heteroatoms. The molecule has 6 nitrogen and oxygen atoms in total. The lowest BCUT2D eigenvalue weighted by Crippen LogP contribution is -2.50. The summed E-state index contributed by atoms with van der Waals surface area (Å²) in [6, 6.07) is 7.57. The average molecular weight is 356 g/mol. The molecule has 0 unspecified atom stereocenters. The van der Waals surface area contributed by atoms with E-state index in [0.29, 0.717) is 44.8 Å². The Hall–Kier alpha value is -2.76. The third-order valence-electron chi connectivity index (χ3n) is 4.82. The first-order valence-electron chi connectivity index (χ1n) is 8.84. The minimum Gasteiger partial charge on any atom is -0.493 e. The molecule has 1 aromatic carbocycles. The van der Waals surface area contributed by atoms with Crippen LogP contribution >= 0.6 is 0 Å². The molecule has 1 aliphatic heterocycles. The number of aryl methyl sites for hydroxylation is 1. The van der Waals surface area contributed by atoms with Crippen LogP contribution in [-0.4, -0.2) is 54.4 Å². The molecule has 0 spiro atoms. The summed E-state index contributed by atoms with van der Waals surface area (Å²) in [6.45, 7) is 6.58. The Balaban J connectivity index is 1.44. The molecule has 2 heterocycles. The van der Waals surface area contributed by atoms with Crippen molar-refractivity contribution >= 4 is 11.8 Å². The highest BCUT2D eigenvalue weighted by atomic mass is 16.5. The van der Waals surface area contributed by atoms with Crippen molar-refractivity contribution in [1.29, 1.82) is 0 Å². The molecule has 2 amide bonds. The molecule has 0 saturated carbocycles. The Morgan fingerprint density at radius 1 is 1.08 bits per heavy atom. The van der Waals surface area contributed by atoms with Crippen LogP contribution in [0.2, 0.25) is 0 Å². The number of ether oxygens (including phenoxy) is 1. The SMILES string of the molecule is Cc1cccc(OCCC(=O)N2CCN(C(=O)c3ccoc3)CC2)c1C. The zero-order valence-corrected chi connectivity index (χ0v) is 15.2. The van der Waals surface area contributed by atoms with Crippen LogP contribution in [0.5, 0.6) is 5.75 Å². The van der Waals surface area contributed by atoms with Gasteiger partial charge in [0.25, 0.3) is 5.91 Å². The molecule has 1 aromatic heterocycles. The highest BCUT2D eigenvalue weighted by Crippen LogP contribution is 2.20. The van der Waals surface area contributed by atoms with Crippen LogP contribution in [0.3, 0.4) is 0 Å². The Labute approximate surface area is 153 Å². The van der Waals surface area contributed by atoms with E-state index in [1.54, 1.807) is 15.9 Å². The van der Waals surface area contributed by atoms with Crippen molar-refractivity contribution in [3.8, 4) is 5.75 Å². The van der Waals surface area contributed by atoms with Gasteiger partial charge in [0.1, 0.15) is 12.0 Å². The van der Waals surface area contributed by atoms with Crippen molar-refractivity contribution in [3.05, 3.63) is 53.5 Å². The number of carbonyl (C=O) groups excluding carboxylic acids is 2. The van der Waals surface area contributed by atoms with Crippen LogP contribution in [0.4, 0.5) is 0 Å². The molecule has 0 N–H and O–H groups in total. The van der Waals surface area contributed by atoms with Gasteiger partial charge in [0.2, 0.25) is 5.91 Å². The van der Waals surface area contributed by atoms with E-state index in [2.05, 4.69) is 0 Å². The minimum atomic E-state index is -0.0518. The first-order chi connectivity index (χ1) is 12.6. The summed E-state index contributed by atoms with van der Waals surface area (Å²) in [4.78, 5) is 28.2. The van der Waals surface area contributed by atoms with Crippen LogP contribution in [-0.2, 0) is 4.79 Å². The number of nitrogens with zero attached hydrogens (tertiary/aromatic N) is 2. The Kier molecular flexibility index (Phi) is 5.61. The quantitative estimate of drug-likeness (QED) is 0.826. The molecule has 0 aliphatic carbocycles. The molecule has 2 aromatic rings. The maximum atomic E-state index is 12.4. The fourth-order valence-electron chi connectivity index (χ4n) is 3.01. The van der Waals surface area contributed by atoms with E-state index in [1.807, 2.05) is 32.0 Å². The zero-order valence-electron chi connectivity index (χ0n) is 15.2. The number of rotatable bonds is 5. The molecule has 138 valence electrons. The summed E-state index contributed by atoms with van der Waals surface area (Å²) in [5.41, 5.74) is 2.82. The lowest BCUT2D eigenvalue weighted by molar-refractivity contribution is -0.133. The van der Waals surface area contributed by atoms with Gasteiger partial charge in [-0.3, -0.25) is 9.59 Å². The molecule has 0 atom stereocenters. The van der Waals surface area contributed by atoms with E-state index < -0.39 is 0 Å². The standard InChI is InChI=1S/C20H24N2O4/c1-15-4-3-5-18(16(15)2)26-13-7-19(23)21-8-10-22(11-9-21)20(24)17-6-12-25-14-17/h3-6,12,14H,7-11,13H2,1-2H3. The number of furan rings is 1. The number of benzene rings is 1. The van der Waals surface area contributed by atoms with Gasteiger partial charge < -0.3 is 19.0 Å². The van der Waals surface area contributed by atoms with Crippen molar-refractivity contribution in [2.45, 2.75) is 20.3 Å². The molecule has 3 rings (SSSR count). The normalized spacial score (nSPS) is 14.4. The number of carbonyl (C=O) groups is 2. The number of piperazine rings is 1. The van der Waals surface area contributed by atoms with Gasteiger partial charge in [-0.1, -0.05) is 12.1 Å². The first-order valence-corrected chi connectivity index (χ1v) is 8.84. The minimum absolute atomic E-state index is 0.0518. The van der Waals surface area contributed by atoms with Gasteiger partial charge in [0.05, 0.1) is 24.9 Å². The van der Waals surface area contributed by atoms with Gasteiger partial charge in [-0.15, -0.1) is 0 Å². The smallest absolute Gasteiger partial charge is 0.257 e. The van der Waals surface area contributed by atoms with Crippen molar-refractivity contribution in [3.63, 3.8) is 0 Å². The second kappa shape index (κ2) is 8.08. The lowest BCUT2D eigenvalue weighted by Gasteiger charge is -2.34. The molecule has 1 aliphatic rings. The van der Waals surface area contributed by atoms with Crippen LogP contribution in [0.1, 0.15) is 27.9 Å². The molecule has 1 fully saturated rings. The maximum absolute atomic E-state index is 12.4. The number of hydrogen-bond acceptors (Lipinski definition) is 4. The van der Waals surface area contributed by atoms with Gasteiger partial charge in [-0.2, -0.15) is 0 Å². The van der Waals surface area contributed by atoms with Crippen molar-refractivity contribution in [2.75, 3.05) is 32.8 Å². The molecular formula is C20H24N2O4. The van der Waals surface area contributed by atoms with E-state index in [-0.39, 0.29) is 11.8 Å². The second-order valence-corrected chi connectivity index (χ2v) is 6.48. The first kappa shape index (κ1) is 18.0. The molecule has 26 heavy (non-hydrogen) atoms. The third kappa shape index (κ3) is 4.07. The van der Waals surface area contributed by atoms with Gasteiger partial charge in [0.15, 0.2) is 0 Å². The lowest BCUT2D eigenvalue weighted by atomic mass is 10.1. The summed E-state index contributed by atoms with van der Waals surface area (Å²) in [5, 5.41) is 0. The highest BCUT2D eigenvalue weighted by molar-refractivity contribution is 5.94. The van der Waals surface area contributed by atoms with Gasteiger partial charge >= 0.3 is 0 Å². The van der Waals surface area contributed by atoms with Crippen molar-refractivity contribution in [1.82, 2.24) is 9.80 Å². The molecule has 1 saturated heterocycles. The Morgan fingerprint density at radius 2 is 1.81 bits per heavy atom. The van der Waals surface area contributed by atoms with E-state index in [1.165, 1.54) is 18.1 Å². The second-order valence-electron chi connectivity index (χ2n) is 6.48. The topological polar surface area (TPSA) is 63.0 Å². The Bertz CT molecular complexity index is 762. The van der Waals surface area contributed by atoms with Gasteiger partial charge in [-0.25, -0.2) is 0 Å². The molecular weight excluding hydrogens is 332 g/mol. The molecule has 0 bridgehead atoms. The van der Waals surface area contributed by atoms with E-state index in [9.17, 15) is 9.59 Å². The third-order valence-corrected chi connectivity index (χ3v) is 4.82. The van der Waals surface area contributed by atoms with Crippen LogP contribution in [0.15, 0.2) is 41.2 Å². The number of hydrogen-bond donors (Lipinski definition) is 0. The summed E-state index contributed by atoms with van der Waals surface area (Å²) >= 11 is 0. The monoisotopic (exact) mass is 356 g/mol. The highest BCUT2D eigenvalue weighted by Gasteiger charge is 2.25. The van der Waals surface area contributed by atoms with E-state index in [0.717, 1.165) is 11.3 Å². The van der Waals surface area contributed by atoms with Gasteiger partial charge in [0, 0.05) is 26.2 Å². The van der Waals surface area contributed by atoms with Crippen LogP contribution < -0.4 is 4.74 Å². The maximum Gasteiger partial charge on any atom is 0.257 e.